The first-order chi connectivity index (χ1) is 19.0. The van der Waals surface area contributed by atoms with Crippen molar-refractivity contribution >= 4 is 46.4 Å². The molecule has 10 heteroatoms. The van der Waals surface area contributed by atoms with Crippen LogP contribution in [0.5, 0.6) is 17.2 Å². The van der Waals surface area contributed by atoms with Crippen LogP contribution in [0, 0.1) is 0 Å². The average molecular weight is 562 g/mol. The number of benzene rings is 3. The van der Waals surface area contributed by atoms with Gasteiger partial charge in [-0.05, 0) is 86.1 Å². The van der Waals surface area contributed by atoms with Crippen LogP contribution in [0.3, 0.4) is 0 Å². The Morgan fingerprint density at radius 3 is 2.15 bits per heavy atom. The molecule has 4 rings (SSSR count). The van der Waals surface area contributed by atoms with Gasteiger partial charge in [0.15, 0.2) is 16.7 Å². The predicted octanol–water partition coefficient (Wildman–Crippen LogP) is 6.50. The zero-order valence-corrected chi connectivity index (χ0v) is 23.7. The third kappa shape index (κ3) is 6.23. The monoisotopic (exact) mass is 561 g/mol. The lowest BCUT2D eigenvalue weighted by molar-refractivity contribution is -0.113. The molecule has 208 valence electrons. The van der Waals surface area contributed by atoms with E-state index in [1.807, 2.05) is 63.2 Å². The number of amides is 2. The van der Waals surface area contributed by atoms with Crippen molar-refractivity contribution in [1.29, 1.82) is 0 Å². The number of rotatable bonds is 7. The van der Waals surface area contributed by atoms with Gasteiger partial charge >= 0.3 is 6.09 Å². The molecule has 1 aliphatic heterocycles. The maximum atomic E-state index is 13.6. The second-order valence-electron chi connectivity index (χ2n) is 9.96. The van der Waals surface area contributed by atoms with Gasteiger partial charge in [-0.1, -0.05) is 30.3 Å². The Labute approximate surface area is 237 Å². The lowest BCUT2D eigenvalue weighted by atomic mass is 10.1. The zero-order chi connectivity index (χ0) is 29.0. The van der Waals surface area contributed by atoms with E-state index in [9.17, 15) is 19.8 Å². The summed E-state index contributed by atoms with van der Waals surface area (Å²) in [6.07, 6.45) is 0.714. The number of phenolic OH excluding ortho intramolecular Hbond substituents is 1. The molecule has 1 aliphatic rings. The van der Waals surface area contributed by atoms with Crippen LogP contribution in [0.2, 0.25) is 0 Å². The van der Waals surface area contributed by atoms with E-state index in [0.717, 1.165) is 5.56 Å². The smallest absolute Gasteiger partial charge is 0.408 e. The maximum absolute atomic E-state index is 13.6. The molecule has 9 nitrogen and oxygen atoms in total. The van der Waals surface area contributed by atoms with Gasteiger partial charge in [0.2, 0.25) is 5.75 Å². The van der Waals surface area contributed by atoms with E-state index in [1.165, 1.54) is 30.9 Å². The lowest BCUT2D eigenvalue weighted by Crippen LogP contribution is -2.44. The Balaban J connectivity index is 1.69. The van der Waals surface area contributed by atoms with Crippen LogP contribution in [0.15, 0.2) is 76.6 Å². The zero-order valence-electron chi connectivity index (χ0n) is 22.9. The molecule has 3 aromatic rings. The fraction of sp³-hybridized carbons (Fsp3) is 0.233. The van der Waals surface area contributed by atoms with Crippen molar-refractivity contribution in [1.82, 2.24) is 4.90 Å². The van der Waals surface area contributed by atoms with Gasteiger partial charge in [-0.25, -0.2) is 9.79 Å². The molecule has 2 amide bonds. The molecule has 0 aliphatic carbocycles. The number of carbonyl (C=O) groups is 2. The van der Waals surface area contributed by atoms with Gasteiger partial charge in [-0.15, -0.1) is 0 Å². The number of carboxylic acid groups (broad SMARTS) is 1. The van der Waals surface area contributed by atoms with Crippen molar-refractivity contribution in [3.8, 4) is 17.2 Å². The van der Waals surface area contributed by atoms with Crippen LogP contribution >= 0.6 is 11.8 Å². The molecule has 0 spiro atoms. The van der Waals surface area contributed by atoms with Gasteiger partial charge in [-0.3, -0.25) is 14.6 Å². The second kappa shape index (κ2) is 11.7. The van der Waals surface area contributed by atoms with Crippen LogP contribution in [0.4, 0.5) is 16.2 Å². The highest BCUT2D eigenvalue weighted by Crippen LogP contribution is 2.41. The van der Waals surface area contributed by atoms with Gasteiger partial charge in [-0.2, -0.15) is 0 Å². The first-order valence-electron chi connectivity index (χ1n) is 12.4. The summed E-state index contributed by atoms with van der Waals surface area (Å²) in [5.74, 6) is 0.0786. The quantitative estimate of drug-likeness (QED) is 0.317. The first-order valence-corrected chi connectivity index (χ1v) is 13.3. The molecule has 0 radical (unpaired) electrons. The van der Waals surface area contributed by atoms with Crippen molar-refractivity contribution < 1.29 is 29.3 Å². The van der Waals surface area contributed by atoms with Crippen molar-refractivity contribution in [3.63, 3.8) is 0 Å². The summed E-state index contributed by atoms with van der Waals surface area (Å²) in [5.41, 5.74) is 2.18. The Hall–Kier alpha value is -4.44. The standard InChI is InChI=1S/C30H31N3O6S/c1-30(2,3)32(29(36)37)18-19-11-13-21(14-12-19)31-28-33(22-9-7-6-8-10-22)27(35)25(40-28)17-20-15-23(38-4)26(34)24(16-20)39-5/h6-17,34H,18H2,1-5H3,(H,36,37)/b25-17-,31-28?. The fourth-order valence-electron chi connectivity index (χ4n) is 4.06. The van der Waals surface area contributed by atoms with Crippen LogP contribution in [0.1, 0.15) is 31.9 Å². The molecule has 0 atom stereocenters. The minimum atomic E-state index is -0.987. The Morgan fingerprint density at radius 2 is 1.62 bits per heavy atom. The van der Waals surface area contributed by atoms with Crippen LogP contribution in [-0.4, -0.2) is 52.0 Å². The minimum absolute atomic E-state index is 0.122. The molecule has 1 fully saturated rings. The van der Waals surface area contributed by atoms with Crippen molar-refractivity contribution in [3.05, 3.63) is 82.8 Å². The molecule has 0 aromatic heterocycles. The van der Waals surface area contributed by atoms with Crippen molar-refractivity contribution in [2.24, 2.45) is 4.99 Å². The molecular weight excluding hydrogens is 530 g/mol. The minimum Gasteiger partial charge on any atom is -0.502 e. The number of anilines is 1. The number of phenols is 1. The van der Waals surface area contributed by atoms with E-state index in [2.05, 4.69) is 0 Å². The number of carbonyl (C=O) groups excluding carboxylic acids is 1. The highest BCUT2D eigenvalue weighted by molar-refractivity contribution is 8.19. The number of hydrogen-bond acceptors (Lipinski definition) is 7. The number of aliphatic imine (C=N–C) groups is 1. The van der Waals surface area contributed by atoms with Crippen molar-refractivity contribution in [2.75, 3.05) is 19.1 Å². The van der Waals surface area contributed by atoms with E-state index in [-0.39, 0.29) is 29.7 Å². The molecule has 0 unspecified atom stereocenters. The third-order valence-electron chi connectivity index (χ3n) is 6.16. The van der Waals surface area contributed by atoms with Crippen LogP contribution < -0.4 is 14.4 Å². The predicted molar refractivity (Wildman–Crippen MR) is 158 cm³/mol. The van der Waals surface area contributed by atoms with E-state index in [1.54, 1.807) is 35.2 Å². The number of hydrogen-bond donors (Lipinski definition) is 2. The normalized spacial score (nSPS) is 15.5. The summed E-state index contributed by atoms with van der Waals surface area (Å²) in [5, 5.41) is 20.3. The maximum Gasteiger partial charge on any atom is 0.408 e. The summed E-state index contributed by atoms with van der Waals surface area (Å²) >= 11 is 1.22. The van der Waals surface area contributed by atoms with Gasteiger partial charge in [0.05, 0.1) is 30.5 Å². The van der Waals surface area contributed by atoms with Crippen molar-refractivity contribution in [2.45, 2.75) is 32.9 Å². The van der Waals surface area contributed by atoms with Gasteiger partial charge in [0.25, 0.3) is 5.91 Å². The molecule has 0 saturated carbocycles. The van der Waals surface area contributed by atoms with Crippen LogP contribution in [-0.2, 0) is 11.3 Å². The SMILES string of the molecule is COc1cc(/C=C2\SC(=Nc3ccc(CN(C(=O)O)C(C)(C)C)cc3)N(c3ccccc3)C2=O)cc(OC)c1O. The third-order valence-corrected chi connectivity index (χ3v) is 7.13. The number of nitrogens with zero attached hydrogens (tertiary/aromatic N) is 3. The Bertz CT molecular complexity index is 1440. The van der Waals surface area contributed by atoms with E-state index < -0.39 is 11.6 Å². The molecule has 0 bridgehead atoms. The average Bonchev–Trinajstić information content (AvgIpc) is 3.22. The first kappa shape index (κ1) is 28.6. The largest absolute Gasteiger partial charge is 0.502 e. The molecule has 1 heterocycles. The molecule has 40 heavy (non-hydrogen) atoms. The fourth-order valence-corrected chi connectivity index (χ4v) is 5.06. The number of para-hydroxylation sites is 1. The number of methoxy groups -OCH3 is 2. The lowest BCUT2D eigenvalue weighted by Gasteiger charge is -2.33. The summed E-state index contributed by atoms with van der Waals surface area (Å²) in [4.78, 5) is 33.5. The Morgan fingerprint density at radius 1 is 1.02 bits per heavy atom. The van der Waals surface area contributed by atoms with Crippen LogP contribution in [0.25, 0.3) is 6.08 Å². The molecule has 1 saturated heterocycles. The number of thioether (sulfide) groups is 1. The summed E-state index contributed by atoms with van der Waals surface area (Å²) < 4.78 is 10.5. The number of ether oxygens (including phenoxy) is 2. The second-order valence-corrected chi connectivity index (χ2v) is 11.0. The molecular formula is C30H31N3O6S. The van der Waals surface area contributed by atoms with E-state index >= 15 is 0 Å². The van der Waals surface area contributed by atoms with E-state index in [4.69, 9.17) is 14.5 Å². The summed E-state index contributed by atoms with van der Waals surface area (Å²) in [6, 6.07) is 19.8. The topological polar surface area (TPSA) is 112 Å². The summed E-state index contributed by atoms with van der Waals surface area (Å²) in [6.45, 7) is 5.79. The number of aromatic hydroxyl groups is 1. The molecule has 3 aromatic carbocycles. The van der Waals surface area contributed by atoms with Gasteiger partial charge in [0.1, 0.15) is 0 Å². The van der Waals surface area contributed by atoms with Gasteiger partial charge in [0, 0.05) is 12.1 Å². The highest BCUT2D eigenvalue weighted by atomic mass is 32.2. The number of amidine groups is 1. The summed E-state index contributed by atoms with van der Waals surface area (Å²) in [7, 11) is 2.88. The van der Waals surface area contributed by atoms with Gasteiger partial charge < -0.3 is 19.7 Å². The molecule has 2 N–H and O–H groups in total. The van der Waals surface area contributed by atoms with E-state index in [0.29, 0.717) is 27.0 Å². The highest BCUT2D eigenvalue weighted by Gasteiger charge is 2.35. The Kier molecular flexibility index (Phi) is 8.39.